The molecule has 1 fully saturated rings. The van der Waals surface area contributed by atoms with E-state index in [1.165, 1.54) is 0 Å². The van der Waals surface area contributed by atoms with Crippen molar-refractivity contribution in [2.75, 3.05) is 13.2 Å². The van der Waals surface area contributed by atoms with Crippen LogP contribution in [0.3, 0.4) is 0 Å². The van der Waals surface area contributed by atoms with Crippen LogP contribution in [0.25, 0.3) is 0 Å². The van der Waals surface area contributed by atoms with Gasteiger partial charge in [-0.05, 0) is 36.6 Å². The molecule has 22 heavy (non-hydrogen) atoms. The number of ether oxygens (including phenoxy) is 1. The van der Waals surface area contributed by atoms with E-state index in [1.807, 2.05) is 42.5 Å². The Labute approximate surface area is 130 Å². The van der Waals surface area contributed by atoms with Gasteiger partial charge in [0.05, 0.1) is 13.0 Å². The lowest BCUT2D eigenvalue weighted by atomic mass is 10.1. The van der Waals surface area contributed by atoms with Crippen LogP contribution in [0.2, 0.25) is 0 Å². The second-order valence-corrected chi connectivity index (χ2v) is 5.92. The molecule has 1 aliphatic rings. The molecule has 0 saturated heterocycles. The van der Waals surface area contributed by atoms with Gasteiger partial charge in [-0.25, -0.2) is 0 Å². The van der Waals surface area contributed by atoms with Gasteiger partial charge in [0.2, 0.25) is 5.91 Å². The van der Waals surface area contributed by atoms with Crippen LogP contribution in [0.4, 0.5) is 0 Å². The van der Waals surface area contributed by atoms with E-state index in [9.17, 15) is 4.79 Å². The number of nitrogens with one attached hydrogen (secondary N) is 1. The Morgan fingerprint density at radius 2 is 2.00 bits per heavy atom. The minimum Gasteiger partial charge on any atom is -0.493 e. The summed E-state index contributed by atoms with van der Waals surface area (Å²) in [5, 5.41) is 3.02. The van der Waals surface area contributed by atoms with Gasteiger partial charge in [0.15, 0.2) is 0 Å². The molecule has 1 heterocycles. The van der Waals surface area contributed by atoms with Crippen LogP contribution >= 0.6 is 0 Å². The number of amides is 1. The average molecular weight is 296 g/mol. The zero-order chi connectivity index (χ0) is 15.3. The van der Waals surface area contributed by atoms with Crippen LogP contribution in [0.5, 0.6) is 5.75 Å². The topological polar surface area (TPSA) is 51.2 Å². The summed E-state index contributed by atoms with van der Waals surface area (Å²) < 4.78 is 5.82. The third kappa shape index (κ3) is 4.07. The first-order valence-corrected chi connectivity index (χ1v) is 7.59. The molecule has 114 valence electrons. The van der Waals surface area contributed by atoms with Crippen molar-refractivity contribution in [2.24, 2.45) is 5.41 Å². The molecular weight excluding hydrogens is 276 g/mol. The zero-order valence-electron chi connectivity index (χ0n) is 12.5. The van der Waals surface area contributed by atoms with E-state index in [0.29, 0.717) is 19.6 Å². The van der Waals surface area contributed by atoms with E-state index in [-0.39, 0.29) is 11.3 Å². The number of nitrogens with zero attached hydrogens (tertiary/aromatic N) is 1. The molecule has 1 N–H and O–H groups in total. The van der Waals surface area contributed by atoms with Gasteiger partial charge in [-0.1, -0.05) is 24.3 Å². The molecule has 0 unspecified atom stereocenters. The summed E-state index contributed by atoms with van der Waals surface area (Å²) in [4.78, 5) is 16.0. The maximum atomic E-state index is 12.0. The van der Waals surface area contributed by atoms with Crippen LogP contribution in [-0.4, -0.2) is 24.0 Å². The SMILES string of the molecule is O=C(Cc1cccnc1)NCC1(COc2ccccc2)CC1. The highest BCUT2D eigenvalue weighted by atomic mass is 16.5. The van der Waals surface area contributed by atoms with E-state index in [0.717, 1.165) is 24.2 Å². The number of para-hydroxylation sites is 1. The molecular formula is C18H20N2O2. The summed E-state index contributed by atoms with van der Waals surface area (Å²) in [5.41, 5.74) is 1.05. The Balaban J connectivity index is 1.43. The highest BCUT2D eigenvalue weighted by molar-refractivity contribution is 5.78. The quantitative estimate of drug-likeness (QED) is 0.854. The molecule has 1 aromatic carbocycles. The van der Waals surface area contributed by atoms with Crippen molar-refractivity contribution in [3.05, 3.63) is 60.4 Å². The number of aromatic nitrogens is 1. The zero-order valence-corrected chi connectivity index (χ0v) is 12.5. The van der Waals surface area contributed by atoms with Crippen LogP contribution in [0.15, 0.2) is 54.9 Å². The largest absolute Gasteiger partial charge is 0.493 e. The van der Waals surface area contributed by atoms with E-state index < -0.39 is 0 Å². The van der Waals surface area contributed by atoms with Crippen molar-refractivity contribution in [1.29, 1.82) is 0 Å². The molecule has 1 aliphatic carbocycles. The normalized spacial score (nSPS) is 15.1. The molecule has 2 aromatic rings. The van der Waals surface area contributed by atoms with Gasteiger partial charge in [-0.3, -0.25) is 9.78 Å². The number of carbonyl (C=O) groups is 1. The van der Waals surface area contributed by atoms with Gasteiger partial charge in [-0.15, -0.1) is 0 Å². The minimum absolute atomic E-state index is 0.0407. The lowest BCUT2D eigenvalue weighted by Crippen LogP contribution is -2.34. The van der Waals surface area contributed by atoms with Crippen molar-refractivity contribution < 1.29 is 9.53 Å². The number of hydrogen-bond donors (Lipinski definition) is 1. The molecule has 1 saturated carbocycles. The number of rotatable bonds is 7. The lowest BCUT2D eigenvalue weighted by Gasteiger charge is -2.17. The van der Waals surface area contributed by atoms with Crippen molar-refractivity contribution in [3.8, 4) is 5.75 Å². The molecule has 1 amide bonds. The molecule has 1 aromatic heterocycles. The lowest BCUT2D eigenvalue weighted by molar-refractivity contribution is -0.120. The van der Waals surface area contributed by atoms with Gasteiger partial charge in [0.1, 0.15) is 5.75 Å². The highest BCUT2D eigenvalue weighted by Crippen LogP contribution is 2.45. The molecule has 0 aliphatic heterocycles. The van der Waals surface area contributed by atoms with Crippen LogP contribution in [-0.2, 0) is 11.2 Å². The van der Waals surface area contributed by atoms with E-state index in [2.05, 4.69) is 10.3 Å². The first-order valence-electron chi connectivity index (χ1n) is 7.59. The number of benzene rings is 1. The van der Waals surface area contributed by atoms with Crippen molar-refractivity contribution in [1.82, 2.24) is 10.3 Å². The fourth-order valence-corrected chi connectivity index (χ4v) is 2.34. The number of carbonyl (C=O) groups excluding carboxylic acids is 1. The Bertz CT molecular complexity index is 609. The third-order valence-corrected chi connectivity index (χ3v) is 3.99. The van der Waals surface area contributed by atoms with E-state index in [1.54, 1.807) is 12.4 Å². The molecule has 0 atom stereocenters. The Morgan fingerprint density at radius 3 is 2.68 bits per heavy atom. The number of pyridine rings is 1. The minimum atomic E-state index is 0.0407. The first kappa shape index (κ1) is 14.6. The summed E-state index contributed by atoms with van der Waals surface area (Å²) >= 11 is 0. The first-order chi connectivity index (χ1) is 10.8. The van der Waals surface area contributed by atoms with Crippen LogP contribution in [0, 0.1) is 5.41 Å². The van der Waals surface area contributed by atoms with Crippen molar-refractivity contribution >= 4 is 5.91 Å². The van der Waals surface area contributed by atoms with Crippen LogP contribution in [0.1, 0.15) is 18.4 Å². The molecule has 0 radical (unpaired) electrons. The maximum Gasteiger partial charge on any atom is 0.224 e. The predicted molar refractivity (Wildman–Crippen MR) is 84.6 cm³/mol. The van der Waals surface area contributed by atoms with Gasteiger partial charge in [0.25, 0.3) is 0 Å². The molecule has 3 rings (SSSR count). The summed E-state index contributed by atoms with van der Waals surface area (Å²) in [7, 11) is 0. The van der Waals surface area contributed by atoms with Gasteiger partial charge in [0, 0.05) is 24.4 Å². The van der Waals surface area contributed by atoms with Crippen LogP contribution < -0.4 is 10.1 Å². The third-order valence-electron chi connectivity index (χ3n) is 3.99. The van der Waals surface area contributed by atoms with Gasteiger partial charge in [-0.2, -0.15) is 0 Å². The molecule has 4 nitrogen and oxygen atoms in total. The summed E-state index contributed by atoms with van der Waals surface area (Å²) in [6.45, 7) is 1.34. The molecule has 0 bridgehead atoms. The monoisotopic (exact) mass is 296 g/mol. The van der Waals surface area contributed by atoms with Gasteiger partial charge < -0.3 is 10.1 Å². The summed E-state index contributed by atoms with van der Waals surface area (Å²) in [6, 6.07) is 13.6. The Kier molecular flexibility index (Phi) is 4.37. The van der Waals surface area contributed by atoms with Crippen molar-refractivity contribution in [3.63, 3.8) is 0 Å². The second kappa shape index (κ2) is 6.60. The Morgan fingerprint density at radius 1 is 1.18 bits per heavy atom. The summed E-state index contributed by atoms with van der Waals surface area (Å²) in [6.07, 6.45) is 6.02. The maximum absolute atomic E-state index is 12.0. The smallest absolute Gasteiger partial charge is 0.224 e. The van der Waals surface area contributed by atoms with Crippen molar-refractivity contribution in [2.45, 2.75) is 19.3 Å². The van der Waals surface area contributed by atoms with E-state index >= 15 is 0 Å². The number of hydrogen-bond acceptors (Lipinski definition) is 3. The molecule has 0 spiro atoms. The molecule has 4 heteroatoms. The van der Waals surface area contributed by atoms with Gasteiger partial charge >= 0.3 is 0 Å². The van der Waals surface area contributed by atoms with E-state index in [4.69, 9.17) is 4.74 Å². The highest BCUT2D eigenvalue weighted by Gasteiger charge is 2.43. The second-order valence-electron chi connectivity index (χ2n) is 5.92. The fourth-order valence-electron chi connectivity index (χ4n) is 2.34. The summed E-state index contributed by atoms with van der Waals surface area (Å²) in [5.74, 6) is 0.925. The predicted octanol–water partition coefficient (Wildman–Crippen LogP) is 2.60. The Hall–Kier alpha value is -2.36. The fraction of sp³-hybridized carbons (Fsp3) is 0.333. The standard InChI is InChI=1S/C18H20N2O2/c21-17(11-15-5-4-10-19-12-15)20-13-18(8-9-18)14-22-16-6-2-1-3-7-16/h1-7,10,12H,8-9,11,13-14H2,(H,20,21). The average Bonchev–Trinajstić information content (AvgIpc) is 3.34.